The lowest BCUT2D eigenvalue weighted by Crippen LogP contribution is -3.00. The average Bonchev–Trinajstić information content (AvgIpc) is 2.28. The number of hydrogen-bond donors (Lipinski definition) is 2. The maximum Gasteiger partial charge on any atom is 0.0916 e. The topological polar surface area (TPSA) is 77.8 Å². The van der Waals surface area contributed by atoms with Gasteiger partial charge in [-0.3, -0.25) is 0 Å². The minimum absolute atomic E-state index is 0. The molecule has 0 bridgehead atoms. The number of aromatic nitrogens is 2. The number of nitrogens with two attached hydrogens (primary N) is 2. The SMILES string of the molecule is Nc1cc2nc3ccccc3nc2cc1N.[Cl-]. The van der Waals surface area contributed by atoms with Gasteiger partial charge >= 0.3 is 0 Å². The van der Waals surface area contributed by atoms with Crippen LogP contribution in [0, 0.1) is 0 Å². The molecule has 4 N–H and O–H groups in total. The third kappa shape index (κ3) is 1.83. The summed E-state index contributed by atoms with van der Waals surface area (Å²) in [5, 5.41) is 0. The van der Waals surface area contributed by atoms with Gasteiger partial charge in [0.2, 0.25) is 0 Å². The number of para-hydroxylation sites is 2. The van der Waals surface area contributed by atoms with Crippen LogP contribution in [0.2, 0.25) is 0 Å². The number of rotatable bonds is 0. The third-order valence-corrected chi connectivity index (χ3v) is 2.54. The van der Waals surface area contributed by atoms with Gasteiger partial charge in [-0.15, -0.1) is 0 Å². The maximum absolute atomic E-state index is 5.74. The molecular formula is C12H10ClN4-. The molecule has 0 saturated carbocycles. The molecule has 0 amide bonds. The van der Waals surface area contributed by atoms with Gasteiger partial charge in [-0.05, 0) is 24.3 Å². The molecule has 0 fully saturated rings. The van der Waals surface area contributed by atoms with Crippen molar-refractivity contribution in [1.82, 2.24) is 9.97 Å². The van der Waals surface area contributed by atoms with Gasteiger partial charge in [-0.25, -0.2) is 9.97 Å². The molecule has 3 aromatic rings. The minimum atomic E-state index is 0. The number of nitrogens with zero attached hydrogens (tertiary/aromatic N) is 2. The first kappa shape index (κ1) is 11.4. The van der Waals surface area contributed by atoms with Crippen molar-refractivity contribution in [3.8, 4) is 0 Å². The molecule has 1 heterocycles. The lowest BCUT2D eigenvalue weighted by atomic mass is 10.2. The molecule has 86 valence electrons. The fourth-order valence-corrected chi connectivity index (χ4v) is 1.70. The molecule has 0 aliphatic rings. The van der Waals surface area contributed by atoms with E-state index in [1.54, 1.807) is 12.1 Å². The Labute approximate surface area is 104 Å². The Hall–Kier alpha value is -2.07. The molecule has 0 unspecified atom stereocenters. The lowest BCUT2D eigenvalue weighted by Gasteiger charge is -2.04. The fourth-order valence-electron chi connectivity index (χ4n) is 1.70. The van der Waals surface area contributed by atoms with E-state index in [2.05, 4.69) is 9.97 Å². The zero-order chi connectivity index (χ0) is 11.1. The van der Waals surface area contributed by atoms with Gasteiger partial charge in [0.05, 0.1) is 33.4 Å². The van der Waals surface area contributed by atoms with Crippen molar-refractivity contribution in [2.75, 3.05) is 11.5 Å². The van der Waals surface area contributed by atoms with Crippen LogP contribution < -0.4 is 23.9 Å². The third-order valence-electron chi connectivity index (χ3n) is 2.54. The van der Waals surface area contributed by atoms with E-state index in [1.165, 1.54) is 0 Å². The van der Waals surface area contributed by atoms with Crippen LogP contribution in [0.3, 0.4) is 0 Å². The van der Waals surface area contributed by atoms with Crippen LogP contribution in [0.4, 0.5) is 11.4 Å². The van der Waals surface area contributed by atoms with E-state index >= 15 is 0 Å². The maximum atomic E-state index is 5.74. The van der Waals surface area contributed by atoms with Gasteiger partial charge in [-0.1, -0.05) is 12.1 Å². The molecule has 0 saturated heterocycles. The summed E-state index contributed by atoms with van der Waals surface area (Å²) >= 11 is 0. The number of nitrogen functional groups attached to an aromatic ring is 2. The van der Waals surface area contributed by atoms with Gasteiger partial charge in [0.15, 0.2) is 0 Å². The second-order valence-corrected chi connectivity index (χ2v) is 3.68. The first-order valence-electron chi connectivity index (χ1n) is 4.95. The molecule has 3 rings (SSSR count). The Morgan fingerprint density at radius 1 is 0.706 bits per heavy atom. The minimum Gasteiger partial charge on any atom is -1.00 e. The molecule has 2 aromatic carbocycles. The zero-order valence-electron chi connectivity index (χ0n) is 8.89. The van der Waals surface area contributed by atoms with E-state index in [0.717, 1.165) is 22.1 Å². The van der Waals surface area contributed by atoms with Crippen LogP contribution in [-0.4, -0.2) is 9.97 Å². The van der Waals surface area contributed by atoms with Gasteiger partial charge in [0, 0.05) is 0 Å². The molecule has 0 atom stereocenters. The van der Waals surface area contributed by atoms with Crippen molar-refractivity contribution >= 4 is 33.4 Å². The monoisotopic (exact) mass is 245 g/mol. The fraction of sp³-hybridized carbons (Fsp3) is 0. The normalized spacial score (nSPS) is 10.4. The van der Waals surface area contributed by atoms with Crippen molar-refractivity contribution in [3.63, 3.8) is 0 Å². The Morgan fingerprint density at radius 3 is 1.53 bits per heavy atom. The summed E-state index contributed by atoms with van der Waals surface area (Å²) in [4.78, 5) is 8.96. The standard InChI is InChI=1S/C12H10N4.ClH/c13-7-5-11-12(6-8(7)14)16-10-4-2-1-3-9(10)15-11;/h1-6H,13-14H2;1H/p-1. The molecule has 5 heteroatoms. The highest BCUT2D eigenvalue weighted by molar-refractivity contribution is 5.91. The first-order chi connectivity index (χ1) is 7.74. The van der Waals surface area contributed by atoms with E-state index in [4.69, 9.17) is 11.5 Å². The highest BCUT2D eigenvalue weighted by Crippen LogP contribution is 2.22. The predicted molar refractivity (Wildman–Crippen MR) is 65.9 cm³/mol. The number of halogens is 1. The first-order valence-corrected chi connectivity index (χ1v) is 4.95. The van der Waals surface area contributed by atoms with E-state index in [9.17, 15) is 0 Å². The summed E-state index contributed by atoms with van der Waals surface area (Å²) < 4.78 is 0. The molecule has 17 heavy (non-hydrogen) atoms. The number of fused-ring (bicyclic) bond motifs is 2. The quantitative estimate of drug-likeness (QED) is 0.391. The average molecular weight is 246 g/mol. The molecule has 0 aliphatic heterocycles. The molecule has 0 radical (unpaired) electrons. The Balaban J connectivity index is 0.00000108. The largest absolute Gasteiger partial charge is 1.00 e. The zero-order valence-corrected chi connectivity index (χ0v) is 9.65. The van der Waals surface area contributed by atoms with Gasteiger partial charge in [-0.2, -0.15) is 0 Å². The Bertz CT molecular complexity index is 636. The van der Waals surface area contributed by atoms with Gasteiger partial charge in [0.25, 0.3) is 0 Å². The number of benzene rings is 2. The van der Waals surface area contributed by atoms with Crippen molar-refractivity contribution in [3.05, 3.63) is 36.4 Å². The van der Waals surface area contributed by atoms with Crippen LogP contribution in [-0.2, 0) is 0 Å². The van der Waals surface area contributed by atoms with Crippen molar-refractivity contribution in [2.24, 2.45) is 0 Å². The van der Waals surface area contributed by atoms with Crippen LogP contribution in [0.5, 0.6) is 0 Å². The van der Waals surface area contributed by atoms with Crippen molar-refractivity contribution in [2.45, 2.75) is 0 Å². The summed E-state index contributed by atoms with van der Waals surface area (Å²) in [5.74, 6) is 0. The smallest absolute Gasteiger partial charge is 0.0916 e. The number of anilines is 2. The van der Waals surface area contributed by atoms with E-state index in [1.807, 2.05) is 24.3 Å². The van der Waals surface area contributed by atoms with E-state index in [-0.39, 0.29) is 12.4 Å². The molecule has 1 aromatic heterocycles. The molecule has 4 nitrogen and oxygen atoms in total. The molecular weight excluding hydrogens is 236 g/mol. The van der Waals surface area contributed by atoms with Crippen LogP contribution >= 0.6 is 0 Å². The summed E-state index contributed by atoms with van der Waals surface area (Å²) in [6.45, 7) is 0. The molecule has 0 spiro atoms. The van der Waals surface area contributed by atoms with Crippen molar-refractivity contribution < 1.29 is 12.4 Å². The Morgan fingerprint density at radius 2 is 1.12 bits per heavy atom. The second-order valence-electron chi connectivity index (χ2n) is 3.68. The van der Waals surface area contributed by atoms with Gasteiger partial charge < -0.3 is 23.9 Å². The molecule has 0 aliphatic carbocycles. The van der Waals surface area contributed by atoms with Gasteiger partial charge in [0.1, 0.15) is 0 Å². The van der Waals surface area contributed by atoms with E-state index < -0.39 is 0 Å². The van der Waals surface area contributed by atoms with Crippen LogP contribution in [0.15, 0.2) is 36.4 Å². The summed E-state index contributed by atoms with van der Waals surface area (Å²) in [6.07, 6.45) is 0. The highest BCUT2D eigenvalue weighted by Gasteiger charge is 2.03. The predicted octanol–water partition coefficient (Wildman–Crippen LogP) is -1.05. The second kappa shape index (κ2) is 4.07. The number of hydrogen-bond acceptors (Lipinski definition) is 4. The highest BCUT2D eigenvalue weighted by atomic mass is 35.5. The van der Waals surface area contributed by atoms with Crippen LogP contribution in [0.1, 0.15) is 0 Å². The van der Waals surface area contributed by atoms with Crippen molar-refractivity contribution in [1.29, 1.82) is 0 Å². The van der Waals surface area contributed by atoms with E-state index in [0.29, 0.717) is 11.4 Å². The van der Waals surface area contributed by atoms with Crippen LogP contribution in [0.25, 0.3) is 22.1 Å². The summed E-state index contributed by atoms with van der Waals surface area (Å²) in [5.41, 5.74) is 15.8. The Kier molecular flexibility index (Phi) is 2.73. The summed E-state index contributed by atoms with van der Waals surface area (Å²) in [7, 11) is 0. The summed E-state index contributed by atoms with van der Waals surface area (Å²) in [6, 6.07) is 11.2. The lowest BCUT2D eigenvalue weighted by molar-refractivity contribution is -0.00000332.